The Morgan fingerprint density at radius 2 is 1.96 bits per heavy atom. The first-order valence-corrected chi connectivity index (χ1v) is 7.43. The highest BCUT2D eigenvalue weighted by molar-refractivity contribution is 7.80. The fraction of sp³-hybridized carbons (Fsp3) is 0.118. The van der Waals surface area contributed by atoms with Crippen molar-refractivity contribution >= 4 is 28.1 Å². The van der Waals surface area contributed by atoms with Crippen molar-refractivity contribution < 1.29 is 4.39 Å². The molecule has 0 bridgehead atoms. The van der Waals surface area contributed by atoms with Crippen LogP contribution in [-0.4, -0.2) is 14.5 Å². The lowest BCUT2D eigenvalue weighted by molar-refractivity contribution is 0.637. The molecule has 0 amide bonds. The first kappa shape index (κ1) is 15.3. The number of nitrogens with zero attached hydrogens (tertiary/aromatic N) is 2. The van der Waals surface area contributed by atoms with Crippen LogP contribution in [0.4, 0.5) is 4.39 Å². The van der Waals surface area contributed by atoms with Gasteiger partial charge >= 0.3 is 0 Å². The highest BCUT2D eigenvalue weighted by atomic mass is 32.1. The summed E-state index contributed by atoms with van der Waals surface area (Å²) in [5.74, 6) is -0.0750. The highest BCUT2D eigenvalue weighted by Crippen LogP contribution is 2.16. The molecule has 6 heteroatoms. The lowest BCUT2D eigenvalue weighted by Crippen LogP contribution is -2.23. The van der Waals surface area contributed by atoms with E-state index in [0.29, 0.717) is 28.4 Å². The van der Waals surface area contributed by atoms with Gasteiger partial charge in [-0.15, -0.1) is 0 Å². The first-order valence-electron chi connectivity index (χ1n) is 7.03. The molecule has 23 heavy (non-hydrogen) atoms. The summed E-state index contributed by atoms with van der Waals surface area (Å²) in [6, 6.07) is 11.7. The van der Waals surface area contributed by atoms with Crippen molar-refractivity contribution in [2.75, 3.05) is 0 Å². The van der Waals surface area contributed by atoms with Crippen LogP contribution in [-0.2, 0) is 6.42 Å². The maximum absolute atomic E-state index is 14.0. The van der Waals surface area contributed by atoms with Gasteiger partial charge in [0.1, 0.15) is 17.0 Å². The molecular weight excluding hydrogens is 313 g/mol. The smallest absolute Gasteiger partial charge is 0.268 e. The molecule has 1 heterocycles. The largest absolute Gasteiger partial charge is 0.393 e. The predicted octanol–water partition coefficient (Wildman–Crippen LogP) is 2.66. The molecule has 0 aliphatic carbocycles. The Labute approximate surface area is 137 Å². The Balaban J connectivity index is 2.18. The minimum Gasteiger partial charge on any atom is -0.393 e. The molecule has 2 N–H and O–H groups in total. The van der Waals surface area contributed by atoms with Crippen LogP contribution < -0.4 is 11.3 Å². The lowest BCUT2D eigenvalue weighted by Gasteiger charge is -2.11. The Morgan fingerprint density at radius 3 is 2.61 bits per heavy atom. The van der Waals surface area contributed by atoms with Crippen LogP contribution >= 0.6 is 12.2 Å². The summed E-state index contributed by atoms with van der Waals surface area (Å²) >= 11 is 4.88. The van der Waals surface area contributed by atoms with Crippen molar-refractivity contribution in [1.29, 1.82) is 0 Å². The quantitative estimate of drug-likeness (QED) is 0.751. The van der Waals surface area contributed by atoms with Gasteiger partial charge in [0.25, 0.3) is 5.56 Å². The van der Waals surface area contributed by atoms with E-state index >= 15 is 0 Å². The van der Waals surface area contributed by atoms with Crippen LogP contribution in [0.3, 0.4) is 0 Å². The van der Waals surface area contributed by atoms with E-state index in [4.69, 9.17) is 18.0 Å². The number of halogens is 1. The zero-order valence-corrected chi connectivity index (χ0v) is 13.2. The Hall–Kier alpha value is -2.60. The molecule has 0 saturated carbocycles. The second kappa shape index (κ2) is 5.89. The molecule has 1 aromatic heterocycles. The molecule has 0 saturated heterocycles. The first-order chi connectivity index (χ1) is 11.0. The van der Waals surface area contributed by atoms with Crippen LogP contribution in [0.5, 0.6) is 0 Å². The monoisotopic (exact) mass is 327 g/mol. The van der Waals surface area contributed by atoms with Crippen LogP contribution in [0, 0.1) is 12.7 Å². The van der Waals surface area contributed by atoms with Crippen LogP contribution in [0.15, 0.2) is 47.3 Å². The van der Waals surface area contributed by atoms with Gasteiger partial charge in [-0.1, -0.05) is 30.4 Å². The molecule has 0 spiro atoms. The van der Waals surface area contributed by atoms with E-state index in [1.807, 2.05) is 12.1 Å². The third kappa shape index (κ3) is 2.85. The number of thiocarbonyl (C=S) groups is 1. The van der Waals surface area contributed by atoms with E-state index < -0.39 is 11.4 Å². The van der Waals surface area contributed by atoms with Crippen molar-refractivity contribution in [3.8, 4) is 5.69 Å². The number of rotatable bonds is 3. The molecule has 0 unspecified atom stereocenters. The highest BCUT2D eigenvalue weighted by Gasteiger charge is 2.13. The zero-order chi connectivity index (χ0) is 16.6. The van der Waals surface area contributed by atoms with Crippen LogP contribution in [0.2, 0.25) is 0 Å². The molecule has 2 aromatic carbocycles. The summed E-state index contributed by atoms with van der Waals surface area (Å²) in [5, 5.41) is -0.00897. The van der Waals surface area contributed by atoms with Crippen molar-refractivity contribution in [3.63, 3.8) is 0 Å². The van der Waals surface area contributed by atoms with E-state index in [1.54, 1.807) is 31.2 Å². The Kier molecular flexibility index (Phi) is 3.92. The summed E-state index contributed by atoms with van der Waals surface area (Å²) in [4.78, 5) is 17.4. The van der Waals surface area contributed by atoms with Gasteiger partial charge in [-0.25, -0.2) is 9.37 Å². The Bertz CT molecular complexity index is 964. The fourth-order valence-corrected chi connectivity index (χ4v) is 2.74. The number of hydrogen-bond donors (Lipinski definition) is 1. The van der Waals surface area contributed by atoms with Gasteiger partial charge in [-0.3, -0.25) is 9.36 Å². The topological polar surface area (TPSA) is 60.9 Å². The molecule has 3 rings (SSSR count). The number of nitrogens with two attached hydrogens (primary N) is 1. The normalized spacial score (nSPS) is 10.9. The second-order valence-electron chi connectivity index (χ2n) is 5.24. The van der Waals surface area contributed by atoms with Crippen molar-refractivity contribution in [1.82, 2.24) is 9.55 Å². The summed E-state index contributed by atoms with van der Waals surface area (Å²) in [6.45, 7) is 1.72. The molecular formula is C17H14FN3OS. The molecule has 0 atom stereocenters. The minimum absolute atomic E-state index is 0.00897. The molecule has 116 valence electrons. The average Bonchev–Trinajstić information content (AvgIpc) is 2.48. The maximum atomic E-state index is 14.0. The maximum Gasteiger partial charge on any atom is 0.268 e. The van der Waals surface area contributed by atoms with E-state index in [-0.39, 0.29) is 5.39 Å². The van der Waals surface area contributed by atoms with Gasteiger partial charge in [0.2, 0.25) is 0 Å². The summed E-state index contributed by atoms with van der Waals surface area (Å²) in [7, 11) is 0. The number of fused-ring (bicyclic) bond motifs is 1. The number of hydrogen-bond acceptors (Lipinski definition) is 3. The predicted molar refractivity (Wildman–Crippen MR) is 92.5 cm³/mol. The van der Waals surface area contributed by atoms with Gasteiger partial charge in [0.15, 0.2) is 0 Å². The van der Waals surface area contributed by atoms with Gasteiger partial charge in [-0.2, -0.15) is 0 Å². The standard InChI is InChI=1S/C17H14FN3OS/c1-10-20-14-4-2-3-13(18)16(14)17(22)21(10)12-7-5-11(6-8-12)9-15(19)23/h2-8H,9H2,1H3,(H2,19,23). The average molecular weight is 327 g/mol. The molecule has 0 aliphatic heterocycles. The van der Waals surface area contributed by atoms with E-state index in [2.05, 4.69) is 4.98 Å². The third-order valence-corrected chi connectivity index (χ3v) is 3.73. The molecule has 0 fully saturated rings. The van der Waals surface area contributed by atoms with E-state index in [9.17, 15) is 9.18 Å². The number of benzene rings is 2. The minimum atomic E-state index is -0.571. The van der Waals surface area contributed by atoms with E-state index in [0.717, 1.165) is 5.56 Å². The molecule has 4 nitrogen and oxygen atoms in total. The SMILES string of the molecule is Cc1nc2cccc(F)c2c(=O)n1-c1ccc(CC(N)=S)cc1. The fourth-order valence-electron chi connectivity index (χ4n) is 2.57. The lowest BCUT2D eigenvalue weighted by atomic mass is 10.1. The van der Waals surface area contributed by atoms with Crippen molar-refractivity contribution in [2.45, 2.75) is 13.3 Å². The second-order valence-corrected chi connectivity index (χ2v) is 5.77. The van der Waals surface area contributed by atoms with Gasteiger partial charge in [0, 0.05) is 6.42 Å². The van der Waals surface area contributed by atoms with Gasteiger partial charge in [-0.05, 0) is 36.8 Å². The number of aryl methyl sites for hydroxylation is 1. The van der Waals surface area contributed by atoms with Crippen molar-refractivity contribution in [3.05, 3.63) is 70.0 Å². The summed E-state index contributed by atoms with van der Waals surface area (Å²) < 4.78 is 15.4. The molecule has 3 aromatic rings. The molecule has 0 aliphatic rings. The third-order valence-electron chi connectivity index (χ3n) is 3.59. The van der Waals surface area contributed by atoms with Crippen LogP contribution in [0.25, 0.3) is 16.6 Å². The summed E-state index contributed by atoms with van der Waals surface area (Å²) in [5.41, 5.74) is 7.03. The van der Waals surface area contributed by atoms with Crippen molar-refractivity contribution in [2.24, 2.45) is 5.73 Å². The van der Waals surface area contributed by atoms with Crippen LogP contribution in [0.1, 0.15) is 11.4 Å². The Morgan fingerprint density at radius 1 is 1.26 bits per heavy atom. The van der Waals surface area contributed by atoms with Gasteiger partial charge in [0.05, 0.1) is 16.2 Å². The molecule has 0 radical (unpaired) electrons. The van der Waals surface area contributed by atoms with Gasteiger partial charge < -0.3 is 5.73 Å². The van der Waals surface area contributed by atoms with E-state index in [1.165, 1.54) is 10.6 Å². The summed E-state index contributed by atoms with van der Waals surface area (Å²) in [6.07, 6.45) is 0.494. The zero-order valence-electron chi connectivity index (χ0n) is 12.4. The number of aromatic nitrogens is 2.